The minimum Gasteiger partial charge on any atom is -0.374 e. The number of rotatable bonds is 4. The number of hydrogen-bond donors (Lipinski definition) is 2. The molecule has 0 radical (unpaired) electrons. The van der Waals surface area contributed by atoms with E-state index >= 15 is 0 Å². The van der Waals surface area contributed by atoms with Crippen molar-refractivity contribution in [2.24, 2.45) is 5.84 Å². The summed E-state index contributed by atoms with van der Waals surface area (Å²) in [6.45, 7) is 2.11. The first kappa shape index (κ1) is 12.3. The Kier molecular flexibility index (Phi) is 4.21. The molecule has 3 nitrogen and oxygen atoms in total. The Hall–Kier alpha value is -0.130. The van der Waals surface area contributed by atoms with Gasteiger partial charge < -0.3 is 4.74 Å². The van der Waals surface area contributed by atoms with Gasteiger partial charge in [-0.2, -0.15) is 0 Å². The van der Waals surface area contributed by atoms with Crippen LogP contribution in [0.1, 0.15) is 24.6 Å². The highest BCUT2D eigenvalue weighted by molar-refractivity contribution is 7.16. The molecule has 0 saturated carbocycles. The molecule has 5 heteroatoms. The number of nitrogens with one attached hydrogen (secondary N) is 1. The third-order valence-electron chi connectivity index (χ3n) is 2.98. The first-order chi connectivity index (χ1) is 7.69. The van der Waals surface area contributed by atoms with Crippen LogP contribution < -0.4 is 11.3 Å². The van der Waals surface area contributed by atoms with Crippen molar-refractivity contribution in [3.05, 3.63) is 21.3 Å². The van der Waals surface area contributed by atoms with Gasteiger partial charge in [0.15, 0.2) is 0 Å². The molecule has 0 bridgehead atoms. The van der Waals surface area contributed by atoms with Crippen LogP contribution in [-0.2, 0) is 11.2 Å². The summed E-state index contributed by atoms with van der Waals surface area (Å²) in [7, 11) is 0. The van der Waals surface area contributed by atoms with E-state index in [0.29, 0.717) is 6.10 Å². The van der Waals surface area contributed by atoms with E-state index in [4.69, 9.17) is 22.2 Å². The minimum atomic E-state index is 0.180. The average Bonchev–Trinajstić information content (AvgIpc) is 2.84. The highest BCUT2D eigenvalue weighted by Crippen LogP contribution is 2.27. The zero-order valence-electron chi connectivity index (χ0n) is 9.28. The van der Waals surface area contributed by atoms with Crippen LogP contribution >= 0.6 is 22.9 Å². The highest BCUT2D eigenvalue weighted by atomic mass is 35.5. The third kappa shape index (κ3) is 2.96. The SMILES string of the molecule is CC1CCC(C(Cc2ccc(Cl)s2)NN)O1. The normalized spacial score (nSPS) is 27.2. The predicted octanol–water partition coefficient (Wildman–Crippen LogP) is 2.34. The Balaban J connectivity index is 1.95. The van der Waals surface area contributed by atoms with Crippen molar-refractivity contribution in [3.8, 4) is 0 Å². The van der Waals surface area contributed by atoms with E-state index in [-0.39, 0.29) is 12.1 Å². The van der Waals surface area contributed by atoms with Gasteiger partial charge in [0.25, 0.3) is 0 Å². The fourth-order valence-corrected chi connectivity index (χ4v) is 3.25. The summed E-state index contributed by atoms with van der Waals surface area (Å²) in [5, 5.41) is 0. The molecule has 16 heavy (non-hydrogen) atoms. The van der Waals surface area contributed by atoms with E-state index in [9.17, 15) is 0 Å². The molecule has 2 rings (SSSR count). The lowest BCUT2D eigenvalue weighted by Crippen LogP contribution is -2.45. The van der Waals surface area contributed by atoms with Crippen molar-refractivity contribution >= 4 is 22.9 Å². The van der Waals surface area contributed by atoms with Crippen LogP contribution in [-0.4, -0.2) is 18.2 Å². The smallest absolute Gasteiger partial charge is 0.0931 e. The summed E-state index contributed by atoms with van der Waals surface area (Å²) in [6, 6.07) is 4.16. The van der Waals surface area contributed by atoms with Crippen molar-refractivity contribution < 1.29 is 4.74 Å². The number of ether oxygens (including phenoxy) is 1. The first-order valence-corrected chi connectivity index (χ1v) is 6.74. The summed E-state index contributed by atoms with van der Waals surface area (Å²) in [4.78, 5) is 1.25. The van der Waals surface area contributed by atoms with Gasteiger partial charge in [-0.3, -0.25) is 11.3 Å². The predicted molar refractivity (Wildman–Crippen MR) is 67.7 cm³/mol. The Morgan fingerprint density at radius 2 is 2.44 bits per heavy atom. The monoisotopic (exact) mass is 260 g/mol. The van der Waals surface area contributed by atoms with Crippen LogP contribution in [0.25, 0.3) is 0 Å². The van der Waals surface area contributed by atoms with E-state index in [1.54, 1.807) is 11.3 Å². The summed E-state index contributed by atoms with van der Waals surface area (Å²) < 4.78 is 6.65. The maximum absolute atomic E-state index is 5.91. The first-order valence-electron chi connectivity index (χ1n) is 5.55. The second-order valence-corrected chi connectivity index (χ2v) is 6.05. The summed E-state index contributed by atoms with van der Waals surface area (Å²) >= 11 is 7.51. The molecule has 1 aromatic heterocycles. The molecule has 0 aliphatic carbocycles. The van der Waals surface area contributed by atoms with Crippen LogP contribution in [0.5, 0.6) is 0 Å². The van der Waals surface area contributed by atoms with E-state index in [1.807, 2.05) is 6.07 Å². The second kappa shape index (κ2) is 5.47. The molecule has 0 spiro atoms. The van der Waals surface area contributed by atoms with E-state index in [1.165, 1.54) is 4.88 Å². The standard InChI is InChI=1S/C11H17ClN2OS/c1-7-2-4-10(15-7)9(14-13)6-8-3-5-11(12)16-8/h3,5,7,9-10,14H,2,4,6,13H2,1H3. The van der Waals surface area contributed by atoms with Crippen LogP contribution in [0.15, 0.2) is 12.1 Å². The van der Waals surface area contributed by atoms with Crippen molar-refractivity contribution in [2.45, 2.75) is 44.4 Å². The number of thiophene rings is 1. The molecule has 2 heterocycles. The molecular formula is C11H17ClN2OS. The summed E-state index contributed by atoms with van der Waals surface area (Å²) in [5.74, 6) is 5.59. The van der Waals surface area contributed by atoms with E-state index in [0.717, 1.165) is 23.6 Å². The lowest BCUT2D eigenvalue weighted by molar-refractivity contribution is 0.0322. The van der Waals surface area contributed by atoms with Crippen molar-refractivity contribution in [3.63, 3.8) is 0 Å². The maximum atomic E-state index is 5.91. The third-order valence-corrected chi connectivity index (χ3v) is 4.23. The topological polar surface area (TPSA) is 47.3 Å². The molecular weight excluding hydrogens is 244 g/mol. The number of hydrogen-bond acceptors (Lipinski definition) is 4. The van der Waals surface area contributed by atoms with Gasteiger partial charge in [-0.1, -0.05) is 11.6 Å². The lowest BCUT2D eigenvalue weighted by atomic mass is 10.0. The molecule has 1 aromatic rings. The fraction of sp³-hybridized carbons (Fsp3) is 0.636. The van der Waals surface area contributed by atoms with Gasteiger partial charge >= 0.3 is 0 Å². The molecule has 90 valence electrons. The van der Waals surface area contributed by atoms with Gasteiger partial charge in [-0.25, -0.2) is 0 Å². The zero-order chi connectivity index (χ0) is 11.5. The van der Waals surface area contributed by atoms with Crippen LogP contribution in [0, 0.1) is 0 Å². The second-order valence-electron chi connectivity index (χ2n) is 4.25. The van der Waals surface area contributed by atoms with Crippen molar-refractivity contribution in [1.82, 2.24) is 5.43 Å². The van der Waals surface area contributed by atoms with Gasteiger partial charge in [0.1, 0.15) is 0 Å². The summed E-state index contributed by atoms with van der Waals surface area (Å²) in [5.41, 5.74) is 2.86. The Bertz CT molecular complexity index is 344. The molecule has 1 aliphatic heterocycles. The number of halogens is 1. The molecule has 0 amide bonds. The summed E-state index contributed by atoms with van der Waals surface area (Å²) in [6.07, 6.45) is 3.66. The molecule has 3 N–H and O–H groups in total. The molecule has 3 atom stereocenters. The van der Waals surface area contributed by atoms with E-state index < -0.39 is 0 Å². The van der Waals surface area contributed by atoms with Gasteiger partial charge in [-0.15, -0.1) is 11.3 Å². The van der Waals surface area contributed by atoms with Crippen LogP contribution in [0.4, 0.5) is 0 Å². The minimum absolute atomic E-state index is 0.180. The zero-order valence-corrected chi connectivity index (χ0v) is 10.9. The molecule has 0 aromatic carbocycles. The molecule has 1 aliphatic rings. The molecule has 1 fully saturated rings. The van der Waals surface area contributed by atoms with Gasteiger partial charge in [-0.05, 0) is 31.9 Å². The van der Waals surface area contributed by atoms with E-state index in [2.05, 4.69) is 18.4 Å². The van der Waals surface area contributed by atoms with Crippen molar-refractivity contribution in [1.29, 1.82) is 0 Å². The lowest BCUT2D eigenvalue weighted by Gasteiger charge is -2.22. The quantitative estimate of drug-likeness (QED) is 0.645. The maximum Gasteiger partial charge on any atom is 0.0931 e. The Morgan fingerprint density at radius 1 is 1.62 bits per heavy atom. The van der Waals surface area contributed by atoms with Gasteiger partial charge in [0.05, 0.1) is 22.6 Å². The van der Waals surface area contributed by atoms with Gasteiger partial charge in [0, 0.05) is 11.3 Å². The van der Waals surface area contributed by atoms with Crippen LogP contribution in [0.2, 0.25) is 4.34 Å². The molecule has 1 saturated heterocycles. The van der Waals surface area contributed by atoms with Crippen molar-refractivity contribution in [2.75, 3.05) is 0 Å². The fourth-order valence-electron chi connectivity index (χ4n) is 2.11. The van der Waals surface area contributed by atoms with Crippen LogP contribution in [0.3, 0.4) is 0 Å². The average molecular weight is 261 g/mol. The largest absolute Gasteiger partial charge is 0.374 e. The number of hydrazine groups is 1. The van der Waals surface area contributed by atoms with Gasteiger partial charge in [0.2, 0.25) is 0 Å². The Morgan fingerprint density at radius 3 is 2.94 bits per heavy atom. The molecule has 3 unspecified atom stereocenters. The number of nitrogens with two attached hydrogens (primary N) is 1. The highest BCUT2D eigenvalue weighted by Gasteiger charge is 2.29. The Labute approximate surface area is 105 Å².